The summed E-state index contributed by atoms with van der Waals surface area (Å²) >= 11 is 0. The summed E-state index contributed by atoms with van der Waals surface area (Å²) in [4.78, 5) is 20.4. The zero-order chi connectivity index (χ0) is 15.9. The van der Waals surface area contributed by atoms with Gasteiger partial charge in [-0.25, -0.2) is 9.97 Å². The number of aromatic nitrogens is 2. The number of anilines is 2. The molecule has 0 saturated carbocycles. The van der Waals surface area contributed by atoms with Gasteiger partial charge in [-0.05, 0) is 45.0 Å². The van der Waals surface area contributed by atoms with E-state index >= 15 is 0 Å². The Hall–Kier alpha value is -2.63. The molecular formula is C16H20N4O2. The van der Waals surface area contributed by atoms with Crippen LogP contribution in [0.2, 0.25) is 0 Å². The smallest absolute Gasteiger partial charge is 0.275 e. The molecule has 6 heteroatoms. The minimum absolute atomic E-state index is 0.262. The summed E-state index contributed by atoms with van der Waals surface area (Å²) in [6.45, 7) is 6.55. The van der Waals surface area contributed by atoms with Crippen LogP contribution in [0.5, 0.6) is 5.75 Å². The highest BCUT2D eigenvalue weighted by molar-refractivity contribution is 6.02. The molecule has 0 aliphatic carbocycles. The second kappa shape index (κ2) is 7.40. The maximum absolute atomic E-state index is 12.1. The number of carbonyl (C=O) groups is 1. The predicted molar refractivity (Wildman–Crippen MR) is 86.4 cm³/mol. The van der Waals surface area contributed by atoms with Crippen LogP contribution in [0.3, 0.4) is 0 Å². The van der Waals surface area contributed by atoms with E-state index in [1.165, 1.54) is 6.20 Å². The third-order valence-electron chi connectivity index (χ3n) is 2.74. The van der Waals surface area contributed by atoms with Gasteiger partial charge in [0.05, 0.1) is 19.0 Å². The first-order valence-electron chi connectivity index (χ1n) is 7.21. The van der Waals surface area contributed by atoms with Crippen LogP contribution in [0, 0.1) is 0 Å². The summed E-state index contributed by atoms with van der Waals surface area (Å²) in [7, 11) is 0. The summed E-state index contributed by atoms with van der Waals surface area (Å²) in [6.07, 6.45) is 3.00. The Balaban J connectivity index is 1.99. The highest BCUT2D eigenvalue weighted by atomic mass is 16.5. The monoisotopic (exact) mass is 300 g/mol. The van der Waals surface area contributed by atoms with Crippen LogP contribution in [0.4, 0.5) is 11.5 Å². The van der Waals surface area contributed by atoms with Crippen molar-refractivity contribution in [3.8, 4) is 5.75 Å². The first-order chi connectivity index (χ1) is 10.6. The van der Waals surface area contributed by atoms with Crippen molar-refractivity contribution in [2.24, 2.45) is 0 Å². The molecule has 2 rings (SSSR count). The molecule has 0 fully saturated rings. The van der Waals surface area contributed by atoms with E-state index in [-0.39, 0.29) is 17.6 Å². The highest BCUT2D eigenvalue weighted by Gasteiger charge is 2.09. The largest absolute Gasteiger partial charge is 0.494 e. The van der Waals surface area contributed by atoms with Crippen LogP contribution in [0.1, 0.15) is 31.3 Å². The van der Waals surface area contributed by atoms with Gasteiger partial charge in [-0.2, -0.15) is 0 Å². The van der Waals surface area contributed by atoms with Gasteiger partial charge in [-0.3, -0.25) is 4.79 Å². The quantitative estimate of drug-likeness (QED) is 0.857. The Kier molecular flexibility index (Phi) is 5.30. The van der Waals surface area contributed by atoms with Crippen LogP contribution in [0.15, 0.2) is 36.7 Å². The summed E-state index contributed by atoms with van der Waals surface area (Å²) in [5, 5.41) is 5.89. The van der Waals surface area contributed by atoms with Crippen molar-refractivity contribution in [3.05, 3.63) is 42.4 Å². The Labute approximate surface area is 129 Å². The molecule has 0 spiro atoms. The molecule has 0 radical (unpaired) electrons. The molecule has 0 atom stereocenters. The highest BCUT2D eigenvalue weighted by Crippen LogP contribution is 2.16. The maximum Gasteiger partial charge on any atom is 0.275 e. The average molecular weight is 300 g/mol. The first kappa shape index (κ1) is 15.8. The second-order valence-corrected chi connectivity index (χ2v) is 5.00. The number of hydrogen-bond acceptors (Lipinski definition) is 5. The van der Waals surface area contributed by atoms with Crippen molar-refractivity contribution in [2.45, 2.75) is 26.8 Å². The van der Waals surface area contributed by atoms with E-state index in [9.17, 15) is 4.79 Å². The van der Waals surface area contributed by atoms with Gasteiger partial charge in [0.25, 0.3) is 5.91 Å². The molecule has 0 aliphatic heterocycles. The molecule has 1 amide bonds. The fraction of sp³-hybridized carbons (Fsp3) is 0.312. The number of benzene rings is 1. The summed E-state index contributed by atoms with van der Waals surface area (Å²) < 4.78 is 5.35. The normalized spacial score (nSPS) is 10.4. The van der Waals surface area contributed by atoms with Crippen LogP contribution in [0.25, 0.3) is 0 Å². The Bertz CT molecular complexity index is 609. The van der Waals surface area contributed by atoms with E-state index < -0.39 is 0 Å². The molecule has 6 nitrogen and oxygen atoms in total. The SMILES string of the molecule is CCOc1ccc(NC(=O)c2cnc(NC(C)C)cn2)cc1. The minimum atomic E-state index is -0.298. The molecule has 2 aromatic rings. The van der Waals surface area contributed by atoms with Crippen molar-refractivity contribution >= 4 is 17.4 Å². The fourth-order valence-electron chi connectivity index (χ4n) is 1.81. The van der Waals surface area contributed by atoms with Gasteiger partial charge in [0, 0.05) is 11.7 Å². The lowest BCUT2D eigenvalue weighted by atomic mass is 10.3. The standard InChI is InChI=1S/C16H20N4O2/c1-4-22-13-7-5-12(6-8-13)20-16(21)14-9-18-15(10-17-14)19-11(2)3/h5-11H,4H2,1-3H3,(H,18,19)(H,20,21). The molecule has 22 heavy (non-hydrogen) atoms. The first-order valence-corrected chi connectivity index (χ1v) is 7.21. The lowest BCUT2D eigenvalue weighted by Crippen LogP contribution is -2.16. The molecular weight excluding hydrogens is 280 g/mol. The van der Waals surface area contributed by atoms with Gasteiger partial charge < -0.3 is 15.4 Å². The zero-order valence-corrected chi connectivity index (χ0v) is 13.0. The molecule has 116 valence electrons. The molecule has 2 N–H and O–H groups in total. The number of rotatable bonds is 6. The third-order valence-corrected chi connectivity index (χ3v) is 2.74. The lowest BCUT2D eigenvalue weighted by molar-refractivity contribution is 0.102. The van der Waals surface area contributed by atoms with Crippen molar-refractivity contribution < 1.29 is 9.53 Å². The number of amides is 1. The average Bonchev–Trinajstić information content (AvgIpc) is 2.49. The van der Waals surface area contributed by atoms with Crippen molar-refractivity contribution in [3.63, 3.8) is 0 Å². The topological polar surface area (TPSA) is 76.1 Å². The van der Waals surface area contributed by atoms with Crippen molar-refractivity contribution in [1.82, 2.24) is 9.97 Å². The van der Waals surface area contributed by atoms with Crippen molar-refractivity contribution in [2.75, 3.05) is 17.2 Å². The molecule has 0 saturated heterocycles. The van der Waals surface area contributed by atoms with Crippen LogP contribution >= 0.6 is 0 Å². The van der Waals surface area contributed by atoms with E-state index in [0.717, 1.165) is 5.75 Å². The number of hydrogen-bond donors (Lipinski definition) is 2. The number of ether oxygens (including phenoxy) is 1. The van der Waals surface area contributed by atoms with Crippen LogP contribution in [-0.4, -0.2) is 28.5 Å². The summed E-state index contributed by atoms with van der Waals surface area (Å²) in [5.74, 6) is 1.12. The van der Waals surface area contributed by atoms with Crippen LogP contribution in [-0.2, 0) is 0 Å². The van der Waals surface area contributed by atoms with Gasteiger partial charge in [0.2, 0.25) is 0 Å². The third kappa shape index (κ3) is 4.44. The van der Waals surface area contributed by atoms with Crippen LogP contribution < -0.4 is 15.4 Å². The van der Waals surface area contributed by atoms with Gasteiger partial charge in [0.1, 0.15) is 17.3 Å². The fourth-order valence-corrected chi connectivity index (χ4v) is 1.81. The Morgan fingerprint density at radius 3 is 2.45 bits per heavy atom. The number of nitrogens with one attached hydrogen (secondary N) is 2. The van der Waals surface area contributed by atoms with E-state index in [2.05, 4.69) is 20.6 Å². The molecule has 1 aromatic heterocycles. The van der Waals surface area contributed by atoms with Gasteiger partial charge >= 0.3 is 0 Å². The molecule has 0 unspecified atom stereocenters. The van der Waals surface area contributed by atoms with E-state index in [0.29, 0.717) is 18.1 Å². The van der Waals surface area contributed by atoms with Gasteiger partial charge in [0.15, 0.2) is 0 Å². The van der Waals surface area contributed by atoms with Gasteiger partial charge in [-0.1, -0.05) is 0 Å². The lowest BCUT2D eigenvalue weighted by Gasteiger charge is -2.09. The van der Waals surface area contributed by atoms with Gasteiger partial charge in [-0.15, -0.1) is 0 Å². The van der Waals surface area contributed by atoms with Crippen molar-refractivity contribution in [1.29, 1.82) is 0 Å². The summed E-state index contributed by atoms with van der Waals surface area (Å²) in [6, 6.07) is 7.44. The molecule has 0 bridgehead atoms. The maximum atomic E-state index is 12.1. The van der Waals surface area contributed by atoms with E-state index in [1.54, 1.807) is 30.5 Å². The summed E-state index contributed by atoms with van der Waals surface area (Å²) in [5.41, 5.74) is 0.947. The zero-order valence-electron chi connectivity index (χ0n) is 13.0. The van der Waals surface area contributed by atoms with E-state index in [4.69, 9.17) is 4.74 Å². The number of nitrogens with zero attached hydrogens (tertiary/aromatic N) is 2. The second-order valence-electron chi connectivity index (χ2n) is 5.00. The molecule has 1 aromatic carbocycles. The Morgan fingerprint density at radius 1 is 1.18 bits per heavy atom. The molecule has 1 heterocycles. The minimum Gasteiger partial charge on any atom is -0.494 e. The molecule has 0 aliphatic rings. The Morgan fingerprint density at radius 2 is 1.91 bits per heavy atom. The number of carbonyl (C=O) groups excluding carboxylic acids is 1. The van der Waals surface area contributed by atoms with E-state index in [1.807, 2.05) is 20.8 Å². The predicted octanol–water partition coefficient (Wildman–Crippen LogP) is 2.95.